The lowest BCUT2D eigenvalue weighted by atomic mass is 9.91. The summed E-state index contributed by atoms with van der Waals surface area (Å²) in [6.07, 6.45) is 5.53. The molecule has 9 heteroatoms. The van der Waals surface area contributed by atoms with Crippen LogP contribution in [0.5, 0.6) is 0 Å². The summed E-state index contributed by atoms with van der Waals surface area (Å²) in [4.78, 5) is 11.0. The highest BCUT2D eigenvalue weighted by Gasteiger charge is 2.27. The van der Waals surface area contributed by atoms with E-state index >= 15 is 0 Å². The summed E-state index contributed by atoms with van der Waals surface area (Å²) < 4.78 is 1.90. The van der Waals surface area contributed by atoms with E-state index in [4.69, 9.17) is 5.73 Å². The summed E-state index contributed by atoms with van der Waals surface area (Å²) in [5.74, 6) is 0. The summed E-state index contributed by atoms with van der Waals surface area (Å²) in [6, 6.07) is 3.93. The Bertz CT molecular complexity index is 834. The molecule has 0 saturated carbocycles. The predicted octanol–water partition coefficient (Wildman–Crippen LogP) is 3.53. The molecule has 3 aromatic heterocycles. The molecule has 1 fully saturated rings. The quantitative estimate of drug-likeness (QED) is 0.730. The minimum absolute atomic E-state index is 0.0526. The van der Waals surface area contributed by atoms with Crippen LogP contribution >= 0.6 is 34.4 Å². The lowest BCUT2D eigenvalue weighted by Crippen LogP contribution is -2.48. The summed E-state index contributed by atoms with van der Waals surface area (Å²) in [6.45, 7) is 4.00. The number of nitrogens with two attached hydrogens (primary N) is 1. The number of rotatable bonds is 4. The van der Waals surface area contributed by atoms with E-state index in [9.17, 15) is 0 Å². The minimum atomic E-state index is -0.0526. The molecule has 3 aromatic rings. The molecule has 1 aliphatic rings. The molecule has 6 nitrogen and oxygen atoms in total. The van der Waals surface area contributed by atoms with Crippen molar-refractivity contribution in [3.05, 3.63) is 29.9 Å². The van der Waals surface area contributed by atoms with Crippen LogP contribution in [-0.2, 0) is 0 Å². The average molecular weight is 391 g/mol. The standard InChI is InChI=1S/C16H18N6S3/c1-16(17)4-8-22(9-5-16)13-20-21-15(24-13)25-14-19-12(10-23-14)11-2-6-18-7-3-11/h2-3,6-7,10H,4-5,8-9,17H2,1H3. The first-order valence-electron chi connectivity index (χ1n) is 8.00. The van der Waals surface area contributed by atoms with Crippen LogP contribution in [-0.4, -0.2) is 38.8 Å². The molecule has 25 heavy (non-hydrogen) atoms. The molecule has 0 radical (unpaired) electrons. The van der Waals surface area contributed by atoms with E-state index in [2.05, 4.69) is 37.4 Å². The van der Waals surface area contributed by atoms with Gasteiger partial charge in [-0.3, -0.25) is 4.98 Å². The fraction of sp³-hybridized carbons (Fsp3) is 0.375. The molecule has 130 valence electrons. The molecular weight excluding hydrogens is 372 g/mol. The van der Waals surface area contributed by atoms with E-state index in [1.54, 1.807) is 46.8 Å². The van der Waals surface area contributed by atoms with E-state index in [0.29, 0.717) is 0 Å². The number of thiazole rings is 1. The molecule has 0 aliphatic carbocycles. The van der Waals surface area contributed by atoms with E-state index in [-0.39, 0.29) is 5.54 Å². The Hall–Kier alpha value is -1.55. The van der Waals surface area contributed by atoms with Crippen LogP contribution in [0.4, 0.5) is 5.13 Å². The number of hydrogen-bond donors (Lipinski definition) is 1. The van der Waals surface area contributed by atoms with Crippen LogP contribution in [0.25, 0.3) is 11.3 Å². The Balaban J connectivity index is 1.43. The van der Waals surface area contributed by atoms with Crippen molar-refractivity contribution >= 4 is 39.6 Å². The molecule has 0 spiro atoms. The number of anilines is 1. The van der Waals surface area contributed by atoms with Gasteiger partial charge in [-0.2, -0.15) is 0 Å². The summed E-state index contributed by atoms with van der Waals surface area (Å²) in [7, 11) is 0. The Labute approximate surface area is 158 Å². The smallest absolute Gasteiger partial charge is 0.209 e. The highest BCUT2D eigenvalue weighted by atomic mass is 32.2. The SMILES string of the molecule is CC1(N)CCN(c2nnc(Sc3nc(-c4ccncc4)cs3)s2)CC1. The van der Waals surface area contributed by atoms with Crippen molar-refractivity contribution in [2.45, 2.75) is 34.0 Å². The van der Waals surface area contributed by atoms with Gasteiger partial charge in [0.05, 0.1) is 5.69 Å². The van der Waals surface area contributed by atoms with E-state index in [0.717, 1.165) is 51.0 Å². The third-order valence-electron chi connectivity index (χ3n) is 4.21. The van der Waals surface area contributed by atoms with Crippen molar-refractivity contribution in [1.29, 1.82) is 0 Å². The maximum absolute atomic E-state index is 6.20. The van der Waals surface area contributed by atoms with Gasteiger partial charge < -0.3 is 10.6 Å². The number of nitrogens with zero attached hydrogens (tertiary/aromatic N) is 5. The molecule has 0 amide bonds. The molecule has 1 aliphatic heterocycles. The average Bonchev–Trinajstić information content (AvgIpc) is 3.26. The Kier molecular flexibility index (Phi) is 4.72. The number of hydrogen-bond acceptors (Lipinski definition) is 9. The van der Waals surface area contributed by atoms with Gasteiger partial charge in [0.25, 0.3) is 0 Å². The third-order valence-corrected chi connectivity index (χ3v) is 7.18. The minimum Gasteiger partial charge on any atom is -0.346 e. The van der Waals surface area contributed by atoms with Crippen molar-refractivity contribution in [3.63, 3.8) is 0 Å². The number of aromatic nitrogens is 4. The molecule has 4 rings (SSSR count). The molecule has 2 N–H and O–H groups in total. The van der Waals surface area contributed by atoms with Gasteiger partial charge in [-0.05, 0) is 43.7 Å². The summed E-state index contributed by atoms with van der Waals surface area (Å²) in [5.41, 5.74) is 8.20. The monoisotopic (exact) mass is 390 g/mol. The van der Waals surface area contributed by atoms with E-state index in [1.807, 2.05) is 12.1 Å². The van der Waals surface area contributed by atoms with Crippen LogP contribution in [0, 0.1) is 0 Å². The number of pyridine rings is 1. The summed E-state index contributed by atoms with van der Waals surface area (Å²) >= 11 is 4.82. The van der Waals surface area contributed by atoms with Crippen LogP contribution < -0.4 is 10.6 Å². The van der Waals surface area contributed by atoms with Crippen molar-refractivity contribution in [2.75, 3.05) is 18.0 Å². The van der Waals surface area contributed by atoms with Gasteiger partial charge >= 0.3 is 0 Å². The highest BCUT2D eigenvalue weighted by molar-refractivity contribution is 8.02. The lowest BCUT2D eigenvalue weighted by Gasteiger charge is -2.36. The normalized spacial score (nSPS) is 17.0. The Morgan fingerprint density at radius 2 is 1.92 bits per heavy atom. The van der Waals surface area contributed by atoms with Crippen LogP contribution in [0.1, 0.15) is 19.8 Å². The van der Waals surface area contributed by atoms with E-state index < -0.39 is 0 Å². The first-order chi connectivity index (χ1) is 12.1. The lowest BCUT2D eigenvalue weighted by molar-refractivity contribution is 0.364. The maximum atomic E-state index is 6.20. The predicted molar refractivity (Wildman–Crippen MR) is 103 cm³/mol. The first-order valence-corrected chi connectivity index (χ1v) is 10.5. The Morgan fingerprint density at radius 3 is 2.68 bits per heavy atom. The molecular formula is C16H18N6S3. The van der Waals surface area contributed by atoms with Gasteiger partial charge in [0, 0.05) is 42.0 Å². The molecule has 4 heterocycles. The molecule has 0 atom stereocenters. The molecule has 0 unspecified atom stereocenters. The van der Waals surface area contributed by atoms with Crippen molar-refractivity contribution in [3.8, 4) is 11.3 Å². The largest absolute Gasteiger partial charge is 0.346 e. The van der Waals surface area contributed by atoms with E-state index in [1.165, 1.54) is 0 Å². The van der Waals surface area contributed by atoms with Gasteiger partial charge in [-0.1, -0.05) is 11.3 Å². The first kappa shape index (κ1) is 16.9. The fourth-order valence-electron chi connectivity index (χ4n) is 2.61. The van der Waals surface area contributed by atoms with Gasteiger partial charge in [-0.15, -0.1) is 21.5 Å². The molecule has 1 saturated heterocycles. The van der Waals surface area contributed by atoms with Crippen molar-refractivity contribution < 1.29 is 0 Å². The van der Waals surface area contributed by atoms with Gasteiger partial charge in [0.15, 0.2) is 8.68 Å². The van der Waals surface area contributed by atoms with Gasteiger partial charge in [0.2, 0.25) is 5.13 Å². The molecule has 0 bridgehead atoms. The fourth-order valence-corrected chi connectivity index (χ4v) is 5.53. The topological polar surface area (TPSA) is 80.8 Å². The van der Waals surface area contributed by atoms with Crippen LogP contribution in [0.15, 0.2) is 38.6 Å². The summed E-state index contributed by atoms with van der Waals surface area (Å²) in [5, 5.41) is 11.7. The maximum Gasteiger partial charge on any atom is 0.209 e. The number of piperidine rings is 1. The van der Waals surface area contributed by atoms with Crippen molar-refractivity contribution in [2.24, 2.45) is 5.73 Å². The van der Waals surface area contributed by atoms with Crippen molar-refractivity contribution in [1.82, 2.24) is 20.2 Å². The highest BCUT2D eigenvalue weighted by Crippen LogP contribution is 2.37. The zero-order valence-electron chi connectivity index (χ0n) is 13.8. The molecule has 0 aromatic carbocycles. The zero-order chi connectivity index (χ0) is 17.3. The van der Waals surface area contributed by atoms with Gasteiger partial charge in [0.1, 0.15) is 0 Å². The second-order valence-corrected chi connectivity index (χ2v) is 9.64. The third kappa shape index (κ3) is 4.00. The zero-order valence-corrected chi connectivity index (χ0v) is 16.2. The Morgan fingerprint density at radius 1 is 1.16 bits per heavy atom. The van der Waals surface area contributed by atoms with Crippen LogP contribution in [0.2, 0.25) is 0 Å². The second kappa shape index (κ2) is 6.99. The van der Waals surface area contributed by atoms with Gasteiger partial charge in [-0.25, -0.2) is 4.98 Å². The van der Waals surface area contributed by atoms with Crippen LogP contribution in [0.3, 0.4) is 0 Å². The second-order valence-electron chi connectivity index (χ2n) is 6.33.